The summed E-state index contributed by atoms with van der Waals surface area (Å²) in [7, 11) is 0. The lowest BCUT2D eigenvalue weighted by molar-refractivity contribution is -0.114. The molecule has 2 aliphatic rings. The normalized spacial score (nSPS) is 20.1. The molecule has 1 saturated carbocycles. The molecule has 3 heterocycles. The van der Waals surface area contributed by atoms with E-state index in [9.17, 15) is 18.4 Å². The monoisotopic (exact) mass is 571 g/mol. The number of ether oxygens (including phenoxy) is 2. The molecule has 9 nitrogen and oxygen atoms in total. The maximum atomic E-state index is 13.0. The molecule has 40 heavy (non-hydrogen) atoms. The van der Waals surface area contributed by atoms with Crippen LogP contribution in [-0.4, -0.2) is 53.5 Å². The Kier molecular flexibility index (Phi) is 7.88. The van der Waals surface area contributed by atoms with E-state index in [2.05, 4.69) is 25.5 Å². The molecular weight excluding hydrogens is 540 g/mol. The summed E-state index contributed by atoms with van der Waals surface area (Å²) in [6.45, 7) is 6.49. The van der Waals surface area contributed by atoms with E-state index in [1.165, 1.54) is 6.92 Å². The third-order valence-electron chi connectivity index (χ3n) is 6.91. The molecule has 2 fully saturated rings. The number of hydrogen-bond acceptors (Lipinski definition) is 8. The quantitative estimate of drug-likeness (QED) is 0.353. The van der Waals surface area contributed by atoms with Gasteiger partial charge in [0.25, 0.3) is 11.8 Å². The van der Waals surface area contributed by atoms with Crippen molar-refractivity contribution in [1.29, 1.82) is 0 Å². The Morgan fingerprint density at radius 1 is 1.20 bits per heavy atom. The molecule has 1 unspecified atom stereocenters. The van der Waals surface area contributed by atoms with E-state index in [1.54, 1.807) is 19.2 Å². The highest BCUT2D eigenvalue weighted by atomic mass is 32.1. The Balaban J connectivity index is 1.09. The first-order valence-electron chi connectivity index (χ1n) is 13.1. The van der Waals surface area contributed by atoms with Gasteiger partial charge in [-0.3, -0.25) is 9.59 Å². The van der Waals surface area contributed by atoms with Crippen molar-refractivity contribution in [1.82, 2.24) is 15.3 Å². The van der Waals surface area contributed by atoms with Crippen molar-refractivity contribution < 1.29 is 27.8 Å². The first-order chi connectivity index (χ1) is 19.1. The van der Waals surface area contributed by atoms with E-state index in [-0.39, 0.29) is 37.0 Å². The number of aromatic nitrogens is 2. The van der Waals surface area contributed by atoms with Crippen molar-refractivity contribution in [3.05, 3.63) is 58.7 Å². The predicted molar refractivity (Wildman–Crippen MR) is 148 cm³/mol. The highest BCUT2D eigenvalue weighted by Gasteiger charge is 2.57. The maximum absolute atomic E-state index is 13.0. The lowest BCUT2D eigenvalue weighted by Crippen LogP contribution is -2.26. The van der Waals surface area contributed by atoms with Crippen LogP contribution >= 0.6 is 11.3 Å². The van der Waals surface area contributed by atoms with Crippen molar-refractivity contribution >= 4 is 34.1 Å². The summed E-state index contributed by atoms with van der Waals surface area (Å²) in [5.74, 6) is -1.76. The molecule has 2 N–H and O–H groups in total. The SMILES string of the molecule is CC(=O)Nc1nc(C)c(C(=O)N[C@@H](C)c2ccc(O[C@@H]3CCN(c4ccc(OCC5CC5(F)F)cn4)C3)cc2)s1. The van der Waals surface area contributed by atoms with Gasteiger partial charge in [-0.2, -0.15) is 0 Å². The van der Waals surface area contributed by atoms with Crippen LogP contribution in [0.4, 0.5) is 19.7 Å². The van der Waals surface area contributed by atoms with Gasteiger partial charge in [0, 0.05) is 26.3 Å². The minimum Gasteiger partial charge on any atom is -0.491 e. The zero-order valence-corrected chi connectivity index (χ0v) is 23.3. The van der Waals surface area contributed by atoms with Crippen LogP contribution in [0.5, 0.6) is 11.5 Å². The Bertz CT molecular complexity index is 1370. The second-order valence-corrected chi connectivity index (χ2v) is 11.2. The summed E-state index contributed by atoms with van der Waals surface area (Å²) < 4.78 is 37.7. The summed E-state index contributed by atoms with van der Waals surface area (Å²) in [6.07, 6.45) is 2.28. The van der Waals surface area contributed by atoms with Crippen LogP contribution in [0.15, 0.2) is 42.6 Å². The summed E-state index contributed by atoms with van der Waals surface area (Å²) in [6, 6.07) is 11.0. The van der Waals surface area contributed by atoms with E-state index in [4.69, 9.17) is 9.47 Å². The molecule has 3 atom stereocenters. The number of alkyl halides is 2. The zero-order chi connectivity index (χ0) is 28.4. The number of nitrogens with one attached hydrogen (secondary N) is 2. The number of halogens is 2. The van der Waals surface area contributed by atoms with Gasteiger partial charge in [0.1, 0.15) is 28.3 Å². The van der Waals surface area contributed by atoms with Gasteiger partial charge in [0.2, 0.25) is 5.91 Å². The zero-order valence-electron chi connectivity index (χ0n) is 22.4. The molecular formula is C28H31F2N5O4S. The first-order valence-corrected chi connectivity index (χ1v) is 13.9. The molecule has 0 radical (unpaired) electrons. The van der Waals surface area contributed by atoms with Gasteiger partial charge >= 0.3 is 0 Å². The number of benzene rings is 1. The van der Waals surface area contributed by atoms with Crippen LogP contribution in [0.25, 0.3) is 0 Å². The summed E-state index contributed by atoms with van der Waals surface area (Å²) >= 11 is 1.14. The fraction of sp³-hybridized carbons (Fsp3) is 0.429. The number of carbonyl (C=O) groups is 2. The average molecular weight is 572 g/mol. The van der Waals surface area contributed by atoms with Gasteiger partial charge in [-0.15, -0.1) is 0 Å². The van der Waals surface area contributed by atoms with E-state index < -0.39 is 11.8 Å². The van der Waals surface area contributed by atoms with Crippen molar-refractivity contribution in [2.24, 2.45) is 5.92 Å². The van der Waals surface area contributed by atoms with Gasteiger partial charge in [-0.25, -0.2) is 18.7 Å². The van der Waals surface area contributed by atoms with E-state index in [0.717, 1.165) is 41.4 Å². The number of pyridine rings is 1. The average Bonchev–Trinajstić information content (AvgIpc) is 3.21. The van der Waals surface area contributed by atoms with E-state index in [1.807, 2.05) is 37.3 Å². The van der Waals surface area contributed by atoms with Crippen LogP contribution < -0.4 is 25.0 Å². The van der Waals surface area contributed by atoms with Crippen molar-refractivity contribution in [3.63, 3.8) is 0 Å². The van der Waals surface area contributed by atoms with Crippen molar-refractivity contribution in [2.75, 3.05) is 29.9 Å². The Hall–Kier alpha value is -3.80. The fourth-order valence-corrected chi connectivity index (χ4v) is 5.42. The third-order valence-corrected chi connectivity index (χ3v) is 7.98. The summed E-state index contributed by atoms with van der Waals surface area (Å²) in [5.41, 5.74) is 1.49. The largest absolute Gasteiger partial charge is 0.491 e. The molecule has 0 bridgehead atoms. The Morgan fingerprint density at radius 2 is 1.93 bits per heavy atom. The summed E-state index contributed by atoms with van der Waals surface area (Å²) in [5, 5.41) is 5.99. The molecule has 3 aromatic rings. The third kappa shape index (κ3) is 6.67. The Labute approximate surface area is 234 Å². The molecule has 212 valence electrons. The smallest absolute Gasteiger partial charge is 0.263 e. The minimum absolute atomic E-state index is 0.00412. The van der Waals surface area contributed by atoms with Crippen LogP contribution in [0, 0.1) is 12.8 Å². The number of carbonyl (C=O) groups excluding carboxylic acids is 2. The molecule has 0 spiro atoms. The number of rotatable bonds is 10. The van der Waals surface area contributed by atoms with Crippen molar-refractivity contribution in [3.8, 4) is 11.5 Å². The number of hydrogen-bond donors (Lipinski definition) is 2. The van der Waals surface area contributed by atoms with Crippen LogP contribution in [0.3, 0.4) is 0 Å². The van der Waals surface area contributed by atoms with Crippen LogP contribution in [0.2, 0.25) is 0 Å². The molecule has 2 amide bonds. The fourth-order valence-electron chi connectivity index (χ4n) is 4.51. The van der Waals surface area contributed by atoms with Crippen LogP contribution in [0.1, 0.15) is 53.7 Å². The lowest BCUT2D eigenvalue weighted by atomic mass is 10.1. The number of thiazole rings is 1. The molecule has 1 aromatic carbocycles. The maximum Gasteiger partial charge on any atom is 0.263 e. The van der Waals surface area contributed by atoms with Gasteiger partial charge in [0.05, 0.1) is 37.0 Å². The van der Waals surface area contributed by atoms with Crippen molar-refractivity contribution in [2.45, 2.75) is 51.7 Å². The standard InChI is InChI=1S/C28H31F2N5O4S/c1-16(32-26(37)25-17(2)33-27(40-25)34-18(3)36)19-4-6-21(7-5-19)39-23-10-11-35(14-23)24-9-8-22(13-31-24)38-15-20-12-28(20,29)30/h4-9,13,16,20,23H,10-12,14-15H2,1-3H3,(H,32,37)(H,33,34,36)/t16-,20?,23+/m0/s1. The Morgan fingerprint density at radius 3 is 2.58 bits per heavy atom. The van der Waals surface area contributed by atoms with Crippen LogP contribution in [-0.2, 0) is 4.79 Å². The first kappa shape index (κ1) is 27.8. The second kappa shape index (κ2) is 11.4. The lowest BCUT2D eigenvalue weighted by Gasteiger charge is -2.19. The molecule has 1 aliphatic carbocycles. The molecule has 1 aliphatic heterocycles. The highest BCUT2D eigenvalue weighted by molar-refractivity contribution is 7.17. The molecule has 2 aromatic heterocycles. The van der Waals surface area contributed by atoms with Gasteiger partial charge < -0.3 is 25.0 Å². The number of amides is 2. The molecule has 5 rings (SSSR count). The number of nitrogens with zero attached hydrogens (tertiary/aromatic N) is 3. The molecule has 12 heteroatoms. The van der Waals surface area contributed by atoms with E-state index >= 15 is 0 Å². The van der Waals surface area contributed by atoms with E-state index in [0.29, 0.717) is 28.0 Å². The van der Waals surface area contributed by atoms with Gasteiger partial charge in [0.15, 0.2) is 5.13 Å². The molecule has 1 saturated heterocycles. The number of aryl methyl sites for hydroxylation is 1. The second-order valence-electron chi connectivity index (χ2n) is 10.2. The topological polar surface area (TPSA) is 106 Å². The minimum atomic E-state index is -2.59. The van der Waals surface area contributed by atoms with Gasteiger partial charge in [-0.05, 0) is 43.7 Å². The highest BCUT2D eigenvalue weighted by Crippen LogP contribution is 2.48. The van der Waals surface area contributed by atoms with Gasteiger partial charge in [-0.1, -0.05) is 23.5 Å². The summed E-state index contributed by atoms with van der Waals surface area (Å²) in [4.78, 5) is 35.3. The number of anilines is 2. The predicted octanol–water partition coefficient (Wildman–Crippen LogP) is 4.99.